The van der Waals surface area contributed by atoms with Gasteiger partial charge in [-0.25, -0.2) is 4.98 Å². The normalized spacial score (nSPS) is 11.8. The topological polar surface area (TPSA) is 85.1 Å². The van der Waals surface area contributed by atoms with Crippen LogP contribution in [0.25, 0.3) is 0 Å². The fourth-order valence-electron chi connectivity index (χ4n) is 0.438. The van der Waals surface area contributed by atoms with Crippen LogP contribution in [0, 0.1) is 0 Å². The minimum Gasteiger partial charge on any atom is -0.279 e. The predicted octanol–water partition coefficient (Wildman–Crippen LogP) is -0.938. The number of aromatic nitrogens is 3. The zero-order valence-corrected chi connectivity index (χ0v) is 5.91. The van der Waals surface area contributed by atoms with E-state index in [1.807, 2.05) is 0 Å². The van der Waals surface area contributed by atoms with E-state index in [2.05, 4.69) is 10.1 Å². The number of nitrogens with zero attached hydrogens (tertiary/aromatic N) is 3. The number of aryl methyl sites for hydroxylation is 1. The molecule has 1 heterocycles. The summed E-state index contributed by atoms with van der Waals surface area (Å²) in [6.07, 6.45) is 1.18. The Bertz CT molecular complexity index is 327. The summed E-state index contributed by atoms with van der Waals surface area (Å²) in [6.45, 7) is 0. The van der Waals surface area contributed by atoms with Gasteiger partial charge in [0.1, 0.15) is 6.33 Å². The summed E-state index contributed by atoms with van der Waals surface area (Å²) in [5, 5.41) is 2.78. The monoisotopic (exact) mass is 163 g/mol. The maximum atomic E-state index is 10.3. The van der Waals surface area contributed by atoms with Crippen LogP contribution in [0.5, 0.6) is 0 Å². The second kappa shape index (κ2) is 2.03. The highest BCUT2D eigenvalue weighted by molar-refractivity contribution is 7.85. The van der Waals surface area contributed by atoms with Gasteiger partial charge >= 0.3 is 10.1 Å². The van der Waals surface area contributed by atoms with Crippen LogP contribution in [0.2, 0.25) is 0 Å². The summed E-state index contributed by atoms with van der Waals surface area (Å²) in [7, 11) is -2.72. The second-order valence-corrected chi connectivity index (χ2v) is 2.99. The molecule has 6 nitrogen and oxygen atoms in total. The highest BCUT2D eigenvalue weighted by Crippen LogP contribution is 1.96. The molecule has 0 aliphatic heterocycles. The molecule has 1 aromatic heterocycles. The van der Waals surface area contributed by atoms with Crippen molar-refractivity contribution < 1.29 is 13.0 Å². The second-order valence-electron chi connectivity index (χ2n) is 1.68. The van der Waals surface area contributed by atoms with Crippen molar-refractivity contribution in [3.05, 3.63) is 6.33 Å². The molecular formula is C3H5N3O3S. The molecule has 7 heteroatoms. The molecule has 0 amide bonds. The molecule has 0 saturated carbocycles. The van der Waals surface area contributed by atoms with Crippen molar-refractivity contribution in [1.29, 1.82) is 0 Å². The molecule has 0 aromatic carbocycles. The minimum absolute atomic E-state index is 0.574. The number of hydrogen-bond donors (Lipinski definition) is 1. The fraction of sp³-hybridized carbons (Fsp3) is 0.333. The fourth-order valence-corrected chi connectivity index (χ4v) is 0.850. The zero-order chi connectivity index (χ0) is 7.78. The smallest absolute Gasteiger partial charge is 0.279 e. The van der Waals surface area contributed by atoms with Crippen molar-refractivity contribution in [2.45, 2.75) is 5.16 Å². The van der Waals surface area contributed by atoms with E-state index in [0.717, 1.165) is 0 Å². The molecule has 10 heavy (non-hydrogen) atoms. The first-order valence-electron chi connectivity index (χ1n) is 2.33. The lowest BCUT2D eigenvalue weighted by molar-refractivity contribution is 0.473. The first-order chi connectivity index (χ1) is 4.50. The lowest BCUT2D eigenvalue weighted by Gasteiger charge is -1.84. The van der Waals surface area contributed by atoms with E-state index in [-0.39, 0.29) is 0 Å². The van der Waals surface area contributed by atoms with Gasteiger partial charge in [-0.1, -0.05) is 0 Å². The molecule has 0 atom stereocenters. The first kappa shape index (κ1) is 7.16. The highest BCUT2D eigenvalue weighted by atomic mass is 32.2. The Morgan fingerprint density at radius 2 is 2.30 bits per heavy atom. The molecule has 0 unspecified atom stereocenters. The van der Waals surface area contributed by atoms with Crippen molar-refractivity contribution >= 4 is 10.1 Å². The van der Waals surface area contributed by atoms with Crippen LogP contribution in [0.3, 0.4) is 0 Å². The Balaban J connectivity index is 3.21. The Labute approximate surface area is 57.3 Å². The average molecular weight is 163 g/mol. The van der Waals surface area contributed by atoms with Gasteiger partial charge in [0, 0.05) is 7.05 Å². The molecule has 0 aliphatic rings. The standard InChI is InChI=1S/C3H5N3O3S/c1-6-2-4-3(5-6)10(7,8)9/h2H,1H3,(H,7,8,9). The van der Waals surface area contributed by atoms with Crippen LogP contribution in [0.1, 0.15) is 0 Å². The maximum Gasteiger partial charge on any atom is 0.332 e. The van der Waals surface area contributed by atoms with Gasteiger partial charge in [0.25, 0.3) is 5.16 Å². The SMILES string of the molecule is Cn1cnc(S(=O)(=O)O)n1. The lowest BCUT2D eigenvalue weighted by atomic mass is 11.2. The van der Waals surface area contributed by atoms with E-state index in [0.29, 0.717) is 0 Å². The third-order valence-corrected chi connectivity index (χ3v) is 1.46. The molecule has 0 saturated heterocycles. The average Bonchev–Trinajstić information content (AvgIpc) is 2.11. The van der Waals surface area contributed by atoms with Crippen molar-refractivity contribution in [3.8, 4) is 0 Å². The van der Waals surface area contributed by atoms with Crippen LogP contribution in [-0.4, -0.2) is 27.7 Å². The minimum atomic E-state index is -4.23. The molecule has 0 radical (unpaired) electrons. The molecule has 56 valence electrons. The Kier molecular flexibility index (Phi) is 1.45. The van der Waals surface area contributed by atoms with Crippen molar-refractivity contribution in [3.63, 3.8) is 0 Å². The van der Waals surface area contributed by atoms with Gasteiger partial charge in [-0.3, -0.25) is 9.23 Å². The molecular weight excluding hydrogens is 158 g/mol. The van der Waals surface area contributed by atoms with Crippen molar-refractivity contribution in [2.75, 3.05) is 0 Å². The van der Waals surface area contributed by atoms with E-state index >= 15 is 0 Å². The third-order valence-electron chi connectivity index (χ3n) is 0.809. The third kappa shape index (κ3) is 1.31. The number of hydrogen-bond acceptors (Lipinski definition) is 4. The number of rotatable bonds is 1. The molecule has 0 bridgehead atoms. The molecule has 0 aliphatic carbocycles. The molecule has 0 spiro atoms. The summed E-state index contributed by atoms with van der Waals surface area (Å²) in [6, 6.07) is 0. The molecule has 1 N–H and O–H groups in total. The van der Waals surface area contributed by atoms with Crippen LogP contribution >= 0.6 is 0 Å². The summed E-state index contributed by atoms with van der Waals surface area (Å²) in [4.78, 5) is 3.30. The Morgan fingerprint density at radius 1 is 1.70 bits per heavy atom. The van der Waals surface area contributed by atoms with Crippen LogP contribution in [-0.2, 0) is 17.2 Å². The van der Waals surface area contributed by atoms with Crippen molar-refractivity contribution in [1.82, 2.24) is 14.8 Å². The zero-order valence-electron chi connectivity index (χ0n) is 5.09. The Hall–Kier alpha value is -0.950. The van der Waals surface area contributed by atoms with E-state index in [1.165, 1.54) is 18.1 Å². The summed E-state index contributed by atoms with van der Waals surface area (Å²) in [5.41, 5.74) is 0. The van der Waals surface area contributed by atoms with Gasteiger partial charge in [-0.2, -0.15) is 8.42 Å². The quantitative estimate of drug-likeness (QED) is 0.540. The van der Waals surface area contributed by atoms with E-state index in [9.17, 15) is 8.42 Å². The van der Waals surface area contributed by atoms with Crippen molar-refractivity contribution in [2.24, 2.45) is 7.05 Å². The Morgan fingerprint density at radius 3 is 2.50 bits per heavy atom. The maximum absolute atomic E-state index is 10.3. The first-order valence-corrected chi connectivity index (χ1v) is 3.77. The van der Waals surface area contributed by atoms with Crippen LogP contribution in [0.15, 0.2) is 11.5 Å². The van der Waals surface area contributed by atoms with Gasteiger partial charge < -0.3 is 0 Å². The molecule has 1 aromatic rings. The molecule has 1 rings (SSSR count). The van der Waals surface area contributed by atoms with E-state index in [1.54, 1.807) is 0 Å². The molecule has 0 fully saturated rings. The van der Waals surface area contributed by atoms with E-state index in [4.69, 9.17) is 4.55 Å². The largest absolute Gasteiger partial charge is 0.332 e. The summed E-state index contributed by atoms with van der Waals surface area (Å²) >= 11 is 0. The van der Waals surface area contributed by atoms with Crippen LogP contribution < -0.4 is 0 Å². The van der Waals surface area contributed by atoms with Gasteiger partial charge in [0.05, 0.1) is 0 Å². The lowest BCUT2D eigenvalue weighted by Crippen LogP contribution is -2.01. The van der Waals surface area contributed by atoms with E-state index < -0.39 is 15.3 Å². The predicted molar refractivity (Wildman–Crippen MR) is 30.8 cm³/mol. The highest BCUT2D eigenvalue weighted by Gasteiger charge is 2.13. The van der Waals surface area contributed by atoms with Gasteiger partial charge in [0.15, 0.2) is 0 Å². The van der Waals surface area contributed by atoms with Gasteiger partial charge in [-0.05, 0) is 0 Å². The summed E-state index contributed by atoms with van der Waals surface area (Å²) in [5.74, 6) is 0. The van der Waals surface area contributed by atoms with Gasteiger partial charge in [-0.15, -0.1) is 5.10 Å². The van der Waals surface area contributed by atoms with Gasteiger partial charge in [0.2, 0.25) is 0 Å². The van der Waals surface area contributed by atoms with Crippen LogP contribution in [0.4, 0.5) is 0 Å². The summed E-state index contributed by atoms with van der Waals surface area (Å²) < 4.78 is 30.0.